The maximum atomic E-state index is 4.32. The molecule has 72 valence electrons. The fraction of sp³-hybridized carbons (Fsp3) is 0. The highest BCUT2D eigenvalue weighted by Crippen LogP contribution is 2.19. The summed E-state index contributed by atoms with van der Waals surface area (Å²) in [5.74, 6) is 0. The average molecular weight is 195 g/mol. The molecule has 0 amide bonds. The van der Waals surface area contributed by atoms with Crippen LogP contribution in [0.4, 0.5) is 0 Å². The van der Waals surface area contributed by atoms with E-state index in [0.29, 0.717) is 0 Å². The minimum Gasteiger partial charge on any atom is -0.283 e. The molecule has 0 unspecified atom stereocenters. The maximum absolute atomic E-state index is 4.32. The lowest BCUT2D eigenvalue weighted by Gasteiger charge is -1.99. The van der Waals surface area contributed by atoms with Gasteiger partial charge in [0.25, 0.3) is 0 Å². The molecular weight excluding hydrogens is 186 g/mol. The fourth-order valence-electron chi connectivity index (χ4n) is 1.66. The zero-order valence-corrected chi connectivity index (χ0v) is 8.04. The minimum absolute atomic E-state index is 0.920. The molecule has 0 saturated heterocycles. The summed E-state index contributed by atoms with van der Waals surface area (Å²) >= 11 is 0. The van der Waals surface area contributed by atoms with E-state index in [9.17, 15) is 0 Å². The smallest absolute Gasteiger partial charge is 0.139 e. The molecule has 2 aromatic heterocycles. The topological polar surface area (TPSA) is 30.2 Å². The van der Waals surface area contributed by atoms with Gasteiger partial charge in [0.2, 0.25) is 0 Å². The van der Waals surface area contributed by atoms with Crippen molar-refractivity contribution >= 4 is 5.65 Å². The molecule has 2 heterocycles. The van der Waals surface area contributed by atoms with Crippen LogP contribution in [0, 0.1) is 0 Å². The van der Waals surface area contributed by atoms with Gasteiger partial charge in [0.05, 0.1) is 11.9 Å². The Morgan fingerprint density at radius 3 is 2.73 bits per heavy atom. The highest BCUT2D eigenvalue weighted by atomic mass is 15.0. The molecule has 0 bridgehead atoms. The number of imidazole rings is 1. The molecule has 0 aliphatic rings. The van der Waals surface area contributed by atoms with Gasteiger partial charge in [0.1, 0.15) is 12.0 Å². The molecule has 1 aromatic carbocycles. The lowest BCUT2D eigenvalue weighted by molar-refractivity contribution is 1.09. The summed E-state index contributed by atoms with van der Waals surface area (Å²) in [7, 11) is 0. The van der Waals surface area contributed by atoms with Crippen LogP contribution in [-0.4, -0.2) is 14.4 Å². The molecule has 0 atom stereocenters. The monoisotopic (exact) mass is 195 g/mol. The molecule has 0 aliphatic heterocycles. The first-order valence-corrected chi connectivity index (χ1v) is 4.77. The van der Waals surface area contributed by atoms with Crippen LogP contribution in [0.3, 0.4) is 0 Å². The summed E-state index contributed by atoms with van der Waals surface area (Å²) in [6.07, 6.45) is 5.40. The standard InChI is InChI=1S/C12H9N3/c1-2-4-10(5-3-1)11-8-14-12-6-7-13-9-15(11)12/h1-9H. The second-order valence-electron chi connectivity index (χ2n) is 3.32. The van der Waals surface area contributed by atoms with Crippen molar-refractivity contribution in [2.45, 2.75) is 0 Å². The maximum Gasteiger partial charge on any atom is 0.139 e. The Bertz CT molecular complexity index is 584. The molecule has 0 spiro atoms. The Kier molecular flexibility index (Phi) is 1.75. The Morgan fingerprint density at radius 1 is 1.00 bits per heavy atom. The Hall–Kier alpha value is -2.16. The Morgan fingerprint density at radius 2 is 1.87 bits per heavy atom. The van der Waals surface area contributed by atoms with Gasteiger partial charge in [-0.25, -0.2) is 9.97 Å². The number of rotatable bonds is 1. The number of hydrogen-bond acceptors (Lipinski definition) is 2. The van der Waals surface area contributed by atoms with Crippen molar-refractivity contribution in [2.24, 2.45) is 0 Å². The third kappa shape index (κ3) is 1.29. The predicted octanol–water partition coefficient (Wildman–Crippen LogP) is 2.40. The van der Waals surface area contributed by atoms with Gasteiger partial charge in [0, 0.05) is 11.8 Å². The number of benzene rings is 1. The normalized spacial score (nSPS) is 10.7. The van der Waals surface area contributed by atoms with Crippen molar-refractivity contribution in [3.63, 3.8) is 0 Å². The van der Waals surface area contributed by atoms with Crippen LogP contribution in [0.2, 0.25) is 0 Å². The zero-order chi connectivity index (χ0) is 10.1. The van der Waals surface area contributed by atoms with Crippen molar-refractivity contribution in [2.75, 3.05) is 0 Å². The number of hydrogen-bond donors (Lipinski definition) is 0. The first-order valence-electron chi connectivity index (χ1n) is 4.77. The average Bonchev–Trinajstić information content (AvgIpc) is 2.74. The van der Waals surface area contributed by atoms with Crippen LogP contribution in [0.15, 0.2) is 55.1 Å². The van der Waals surface area contributed by atoms with Crippen LogP contribution in [0.5, 0.6) is 0 Å². The van der Waals surface area contributed by atoms with E-state index < -0.39 is 0 Å². The van der Waals surface area contributed by atoms with E-state index in [2.05, 4.69) is 22.1 Å². The second-order valence-corrected chi connectivity index (χ2v) is 3.32. The van der Waals surface area contributed by atoms with E-state index in [1.54, 1.807) is 12.5 Å². The number of nitrogens with zero attached hydrogens (tertiary/aromatic N) is 3. The van der Waals surface area contributed by atoms with E-state index in [1.165, 1.54) is 0 Å². The van der Waals surface area contributed by atoms with E-state index in [1.807, 2.05) is 34.9 Å². The van der Waals surface area contributed by atoms with Gasteiger partial charge in [-0.15, -0.1) is 0 Å². The summed E-state index contributed by atoms with van der Waals surface area (Å²) in [6.45, 7) is 0. The lowest BCUT2D eigenvalue weighted by Crippen LogP contribution is -1.88. The molecule has 0 N–H and O–H groups in total. The van der Waals surface area contributed by atoms with E-state index in [-0.39, 0.29) is 0 Å². The molecule has 3 aromatic rings. The Balaban J connectivity index is 2.28. The van der Waals surface area contributed by atoms with Gasteiger partial charge in [0.15, 0.2) is 0 Å². The first-order chi connectivity index (χ1) is 7.45. The van der Waals surface area contributed by atoms with Crippen LogP contribution in [0.1, 0.15) is 0 Å². The quantitative estimate of drug-likeness (QED) is 0.596. The molecule has 0 saturated carbocycles. The highest BCUT2D eigenvalue weighted by molar-refractivity contribution is 5.62. The van der Waals surface area contributed by atoms with Crippen molar-refractivity contribution in [1.29, 1.82) is 0 Å². The van der Waals surface area contributed by atoms with Crippen molar-refractivity contribution in [3.8, 4) is 11.3 Å². The molecule has 0 radical (unpaired) electrons. The predicted molar refractivity (Wildman–Crippen MR) is 58.4 cm³/mol. The van der Waals surface area contributed by atoms with Gasteiger partial charge < -0.3 is 0 Å². The molecule has 3 nitrogen and oxygen atoms in total. The van der Waals surface area contributed by atoms with Crippen LogP contribution < -0.4 is 0 Å². The van der Waals surface area contributed by atoms with Crippen LogP contribution in [-0.2, 0) is 0 Å². The SMILES string of the molecule is c1ccc(-c2cnc3ccncn23)cc1. The largest absolute Gasteiger partial charge is 0.283 e. The lowest BCUT2D eigenvalue weighted by atomic mass is 10.2. The molecular formula is C12H9N3. The molecule has 3 heteroatoms. The summed E-state index contributed by atoms with van der Waals surface area (Å²) in [5, 5.41) is 0. The number of aromatic nitrogens is 3. The van der Waals surface area contributed by atoms with Crippen LogP contribution >= 0.6 is 0 Å². The first kappa shape index (κ1) is 8.17. The van der Waals surface area contributed by atoms with Crippen molar-refractivity contribution in [1.82, 2.24) is 14.4 Å². The fourth-order valence-corrected chi connectivity index (χ4v) is 1.66. The molecule has 0 fully saturated rings. The minimum atomic E-state index is 0.920. The van der Waals surface area contributed by atoms with E-state index in [0.717, 1.165) is 16.9 Å². The highest BCUT2D eigenvalue weighted by Gasteiger charge is 2.03. The van der Waals surface area contributed by atoms with Crippen molar-refractivity contribution in [3.05, 3.63) is 55.1 Å². The summed E-state index contributed by atoms with van der Waals surface area (Å²) in [5.41, 5.74) is 3.14. The van der Waals surface area contributed by atoms with Gasteiger partial charge in [-0.1, -0.05) is 30.3 Å². The van der Waals surface area contributed by atoms with Gasteiger partial charge in [-0.05, 0) is 6.07 Å². The summed E-state index contributed by atoms with van der Waals surface area (Å²) < 4.78 is 1.98. The van der Waals surface area contributed by atoms with Gasteiger partial charge in [-0.3, -0.25) is 4.40 Å². The van der Waals surface area contributed by atoms with E-state index in [4.69, 9.17) is 0 Å². The van der Waals surface area contributed by atoms with Crippen molar-refractivity contribution < 1.29 is 0 Å². The third-order valence-corrected chi connectivity index (χ3v) is 2.39. The third-order valence-electron chi connectivity index (χ3n) is 2.39. The number of fused-ring (bicyclic) bond motifs is 1. The van der Waals surface area contributed by atoms with E-state index >= 15 is 0 Å². The second kappa shape index (κ2) is 3.20. The zero-order valence-electron chi connectivity index (χ0n) is 8.04. The summed E-state index contributed by atoms with van der Waals surface area (Å²) in [6, 6.07) is 12.1. The van der Waals surface area contributed by atoms with Gasteiger partial charge >= 0.3 is 0 Å². The molecule has 3 rings (SSSR count). The van der Waals surface area contributed by atoms with Gasteiger partial charge in [-0.2, -0.15) is 0 Å². The molecule has 15 heavy (non-hydrogen) atoms. The van der Waals surface area contributed by atoms with Crippen LogP contribution in [0.25, 0.3) is 16.9 Å². The Labute approximate surface area is 87.0 Å². The molecule has 0 aliphatic carbocycles. The summed E-state index contributed by atoms with van der Waals surface area (Å²) in [4.78, 5) is 8.41.